The zero-order valence-electron chi connectivity index (χ0n) is 8.88. The van der Waals surface area contributed by atoms with Crippen LogP contribution in [0.15, 0.2) is 0 Å². The Kier molecular flexibility index (Phi) is 2.61. The Morgan fingerprint density at radius 1 is 1.46 bits per heavy atom. The smallest absolute Gasteiger partial charge is 0.0557 e. The predicted octanol–water partition coefficient (Wildman–Crippen LogP) is 1.90. The van der Waals surface area contributed by atoms with Gasteiger partial charge in [0.25, 0.3) is 0 Å². The van der Waals surface area contributed by atoms with Crippen LogP contribution < -0.4 is 0 Å². The maximum absolute atomic E-state index is 5.35. The molecule has 0 aromatic heterocycles. The summed E-state index contributed by atoms with van der Waals surface area (Å²) in [6.07, 6.45) is 4.03. The Morgan fingerprint density at radius 3 is 2.77 bits per heavy atom. The van der Waals surface area contributed by atoms with Crippen molar-refractivity contribution in [3.05, 3.63) is 0 Å². The van der Waals surface area contributed by atoms with Crippen LogP contribution in [0.2, 0.25) is 0 Å². The number of hydrogen-bond acceptors (Lipinski definition) is 2. The van der Waals surface area contributed by atoms with Gasteiger partial charge >= 0.3 is 0 Å². The van der Waals surface area contributed by atoms with E-state index in [1.807, 2.05) is 0 Å². The van der Waals surface area contributed by atoms with E-state index in [2.05, 4.69) is 18.7 Å². The minimum absolute atomic E-state index is 0.557. The largest absolute Gasteiger partial charge is 0.380 e. The molecule has 2 saturated heterocycles. The Bertz CT molecular complexity index is 177. The van der Waals surface area contributed by atoms with Crippen molar-refractivity contribution in [2.24, 2.45) is 5.41 Å². The summed E-state index contributed by atoms with van der Waals surface area (Å²) in [7, 11) is 0. The average molecular weight is 183 g/mol. The molecule has 0 unspecified atom stereocenters. The fraction of sp³-hybridized carbons (Fsp3) is 1.00. The van der Waals surface area contributed by atoms with Crippen LogP contribution in [0.4, 0.5) is 0 Å². The molecule has 1 spiro atoms. The molecule has 0 aromatic rings. The first-order valence-corrected chi connectivity index (χ1v) is 5.57. The fourth-order valence-corrected chi connectivity index (χ4v) is 2.51. The summed E-state index contributed by atoms with van der Waals surface area (Å²) in [6, 6.07) is 0.762. The van der Waals surface area contributed by atoms with Crippen LogP contribution in [0.1, 0.15) is 33.1 Å². The lowest BCUT2D eigenvalue weighted by molar-refractivity contribution is -0.148. The van der Waals surface area contributed by atoms with Gasteiger partial charge in [-0.1, -0.05) is 6.92 Å². The molecule has 2 fully saturated rings. The van der Waals surface area contributed by atoms with Crippen LogP contribution >= 0.6 is 0 Å². The molecule has 2 aliphatic heterocycles. The highest BCUT2D eigenvalue weighted by Crippen LogP contribution is 2.37. The second-order valence-corrected chi connectivity index (χ2v) is 4.82. The first-order valence-electron chi connectivity index (χ1n) is 5.57. The van der Waals surface area contributed by atoms with Crippen molar-refractivity contribution in [1.82, 2.24) is 4.90 Å². The van der Waals surface area contributed by atoms with Crippen molar-refractivity contribution in [2.45, 2.75) is 39.2 Å². The molecule has 2 aliphatic rings. The molecule has 0 saturated carbocycles. The lowest BCUT2D eigenvalue weighted by Gasteiger charge is -2.49. The minimum atomic E-state index is 0.557. The zero-order chi connectivity index (χ0) is 9.31. The van der Waals surface area contributed by atoms with Gasteiger partial charge in [-0.3, -0.25) is 4.90 Å². The third kappa shape index (κ3) is 1.75. The van der Waals surface area contributed by atoms with Crippen molar-refractivity contribution in [3.8, 4) is 0 Å². The Morgan fingerprint density at radius 2 is 2.23 bits per heavy atom. The average Bonchev–Trinajstić information content (AvgIpc) is 2.14. The summed E-state index contributed by atoms with van der Waals surface area (Å²) in [5, 5.41) is 0. The van der Waals surface area contributed by atoms with Gasteiger partial charge in [0.2, 0.25) is 0 Å². The number of hydrogen-bond donors (Lipinski definition) is 0. The van der Waals surface area contributed by atoms with Crippen LogP contribution in [0.5, 0.6) is 0 Å². The Hall–Kier alpha value is -0.0800. The van der Waals surface area contributed by atoms with Crippen LogP contribution in [-0.2, 0) is 4.74 Å². The lowest BCUT2D eigenvalue weighted by Crippen LogP contribution is -2.55. The zero-order valence-corrected chi connectivity index (χ0v) is 8.88. The molecular formula is C11H21NO. The minimum Gasteiger partial charge on any atom is -0.380 e. The van der Waals surface area contributed by atoms with E-state index in [4.69, 9.17) is 4.74 Å². The van der Waals surface area contributed by atoms with E-state index in [1.165, 1.54) is 32.4 Å². The number of rotatable bonds is 2. The fourth-order valence-electron chi connectivity index (χ4n) is 2.51. The maximum atomic E-state index is 5.35. The van der Waals surface area contributed by atoms with Gasteiger partial charge in [0.1, 0.15) is 0 Å². The van der Waals surface area contributed by atoms with Gasteiger partial charge in [0.15, 0.2) is 0 Å². The molecule has 0 bridgehead atoms. The lowest BCUT2D eigenvalue weighted by atomic mass is 9.78. The summed E-state index contributed by atoms with van der Waals surface area (Å²) < 4.78 is 5.35. The highest BCUT2D eigenvalue weighted by Gasteiger charge is 2.42. The van der Waals surface area contributed by atoms with E-state index < -0.39 is 0 Å². The van der Waals surface area contributed by atoms with Crippen molar-refractivity contribution in [1.29, 1.82) is 0 Å². The van der Waals surface area contributed by atoms with E-state index in [1.54, 1.807) is 0 Å². The van der Waals surface area contributed by atoms with E-state index >= 15 is 0 Å². The summed E-state index contributed by atoms with van der Waals surface area (Å²) in [5.41, 5.74) is 0.557. The third-order valence-electron chi connectivity index (χ3n) is 3.72. The molecule has 2 heterocycles. The highest BCUT2D eigenvalue weighted by atomic mass is 16.5. The number of ether oxygens (including phenoxy) is 1. The molecule has 0 aromatic carbocycles. The number of nitrogens with zero attached hydrogens (tertiary/aromatic N) is 1. The molecule has 2 nitrogen and oxygen atoms in total. The van der Waals surface area contributed by atoms with E-state index in [-0.39, 0.29) is 0 Å². The van der Waals surface area contributed by atoms with Gasteiger partial charge in [0, 0.05) is 18.0 Å². The van der Waals surface area contributed by atoms with Gasteiger partial charge in [-0.2, -0.15) is 0 Å². The number of piperidine rings is 1. The first-order chi connectivity index (χ1) is 6.26. The van der Waals surface area contributed by atoms with Crippen molar-refractivity contribution in [2.75, 3.05) is 26.3 Å². The van der Waals surface area contributed by atoms with Crippen LogP contribution in [-0.4, -0.2) is 37.2 Å². The Balaban J connectivity index is 1.92. The topological polar surface area (TPSA) is 12.5 Å². The SMILES string of the molecule is CC[C@H](C)N1CCCC2(COC2)C1. The van der Waals surface area contributed by atoms with Gasteiger partial charge in [-0.15, -0.1) is 0 Å². The van der Waals surface area contributed by atoms with Crippen LogP contribution in [0, 0.1) is 5.41 Å². The molecule has 2 heteroatoms. The summed E-state index contributed by atoms with van der Waals surface area (Å²) in [6.45, 7) is 9.24. The normalized spacial score (nSPS) is 30.0. The monoisotopic (exact) mass is 183 g/mol. The van der Waals surface area contributed by atoms with Crippen molar-refractivity contribution >= 4 is 0 Å². The summed E-state index contributed by atoms with van der Waals surface area (Å²) in [4.78, 5) is 2.64. The summed E-state index contributed by atoms with van der Waals surface area (Å²) in [5.74, 6) is 0. The molecular weight excluding hydrogens is 162 g/mol. The van der Waals surface area contributed by atoms with Crippen LogP contribution in [0.3, 0.4) is 0 Å². The maximum Gasteiger partial charge on any atom is 0.0557 e. The summed E-state index contributed by atoms with van der Waals surface area (Å²) >= 11 is 0. The third-order valence-corrected chi connectivity index (χ3v) is 3.72. The van der Waals surface area contributed by atoms with Crippen LogP contribution in [0.25, 0.3) is 0 Å². The second-order valence-electron chi connectivity index (χ2n) is 4.82. The van der Waals surface area contributed by atoms with E-state index in [9.17, 15) is 0 Å². The number of likely N-dealkylation sites (tertiary alicyclic amines) is 1. The molecule has 0 N–H and O–H groups in total. The molecule has 13 heavy (non-hydrogen) atoms. The molecule has 76 valence electrons. The first kappa shape index (κ1) is 9.47. The van der Waals surface area contributed by atoms with Gasteiger partial charge in [0.05, 0.1) is 13.2 Å². The van der Waals surface area contributed by atoms with Crippen molar-refractivity contribution < 1.29 is 4.74 Å². The molecule has 2 rings (SSSR count). The van der Waals surface area contributed by atoms with Gasteiger partial charge in [-0.25, -0.2) is 0 Å². The van der Waals surface area contributed by atoms with Crippen molar-refractivity contribution in [3.63, 3.8) is 0 Å². The molecule has 0 radical (unpaired) electrons. The predicted molar refractivity (Wildman–Crippen MR) is 53.8 cm³/mol. The highest BCUT2D eigenvalue weighted by molar-refractivity contribution is 4.92. The standard InChI is InChI=1S/C11H21NO/c1-3-10(2)12-6-4-5-11(7-12)8-13-9-11/h10H,3-9H2,1-2H3/t10-/m0/s1. The second kappa shape index (κ2) is 3.58. The Labute approximate surface area is 81.3 Å². The molecule has 0 aliphatic carbocycles. The van der Waals surface area contributed by atoms with Gasteiger partial charge in [-0.05, 0) is 32.7 Å². The molecule has 1 atom stereocenters. The molecule has 0 amide bonds. The van der Waals surface area contributed by atoms with Gasteiger partial charge < -0.3 is 4.74 Å². The quantitative estimate of drug-likeness (QED) is 0.648. The van der Waals surface area contributed by atoms with E-state index in [0.29, 0.717) is 5.41 Å². The van der Waals surface area contributed by atoms with E-state index in [0.717, 1.165) is 19.3 Å².